The summed E-state index contributed by atoms with van der Waals surface area (Å²) in [5.41, 5.74) is -0.0919. The zero-order valence-electron chi connectivity index (χ0n) is 16.5. The van der Waals surface area contributed by atoms with Crippen LogP contribution in [0.2, 0.25) is 0 Å². The third-order valence-corrected chi connectivity index (χ3v) is 3.78. The first-order valence-electron chi connectivity index (χ1n) is 8.78. The minimum absolute atomic E-state index is 0.157. The van der Waals surface area contributed by atoms with E-state index in [2.05, 4.69) is 21.4 Å². The minimum Gasteiger partial charge on any atom is -0.490 e. The summed E-state index contributed by atoms with van der Waals surface area (Å²) in [6.45, 7) is 8.75. The van der Waals surface area contributed by atoms with Gasteiger partial charge in [0.25, 0.3) is 0 Å². The van der Waals surface area contributed by atoms with Gasteiger partial charge in [0.2, 0.25) is 5.60 Å². The number of nitrogens with one attached hydrogen (secondary N) is 1. The van der Waals surface area contributed by atoms with Gasteiger partial charge in [-0.2, -0.15) is 5.48 Å². The summed E-state index contributed by atoms with van der Waals surface area (Å²) in [7, 11) is 0. The number of rotatable bonds is 9. The number of benzene rings is 1. The molecule has 0 fully saturated rings. The summed E-state index contributed by atoms with van der Waals surface area (Å²) >= 11 is 3.34. The number of carbonyl (C=O) groups excluding carboxylic acids is 2. The summed E-state index contributed by atoms with van der Waals surface area (Å²) in [5, 5.41) is 0. The second-order valence-corrected chi connectivity index (χ2v) is 8.08. The Balaban J connectivity index is 2.76. The first-order chi connectivity index (χ1) is 12.6. The number of unbranched alkanes of at least 4 members (excludes halogenated alkanes) is 1. The molecule has 0 aromatic heterocycles. The van der Waals surface area contributed by atoms with Crippen LogP contribution in [-0.2, 0) is 19.1 Å². The molecular weight excluding hydrogens is 418 g/mol. The van der Waals surface area contributed by atoms with Crippen molar-refractivity contribution in [2.75, 3.05) is 13.2 Å². The van der Waals surface area contributed by atoms with E-state index in [1.807, 2.05) is 19.1 Å². The van der Waals surface area contributed by atoms with Crippen LogP contribution in [0.1, 0.15) is 47.5 Å². The van der Waals surface area contributed by atoms with Crippen molar-refractivity contribution in [2.45, 2.75) is 58.7 Å². The van der Waals surface area contributed by atoms with Crippen molar-refractivity contribution in [3.63, 3.8) is 0 Å². The molecule has 1 aromatic rings. The summed E-state index contributed by atoms with van der Waals surface area (Å²) in [5.74, 6) is -0.0872. The van der Waals surface area contributed by atoms with E-state index in [9.17, 15) is 9.59 Å². The minimum atomic E-state index is -1.54. The Labute approximate surface area is 168 Å². The smallest absolute Gasteiger partial charge is 0.431 e. The third-order valence-electron chi connectivity index (χ3n) is 3.25. The zero-order valence-corrected chi connectivity index (χ0v) is 18.1. The van der Waals surface area contributed by atoms with Crippen molar-refractivity contribution in [1.29, 1.82) is 0 Å². The molecule has 1 amide bonds. The van der Waals surface area contributed by atoms with E-state index in [-0.39, 0.29) is 13.2 Å². The monoisotopic (exact) mass is 445 g/mol. The highest BCUT2D eigenvalue weighted by Crippen LogP contribution is 2.20. The highest BCUT2D eigenvalue weighted by molar-refractivity contribution is 9.10. The van der Waals surface area contributed by atoms with Gasteiger partial charge in [0.05, 0.1) is 6.61 Å². The Bertz CT molecular complexity index is 614. The van der Waals surface area contributed by atoms with Gasteiger partial charge >= 0.3 is 12.1 Å². The Morgan fingerprint density at radius 2 is 1.74 bits per heavy atom. The fraction of sp³-hybridized carbons (Fsp3) is 0.579. The normalized spacial score (nSPS) is 13.4. The lowest BCUT2D eigenvalue weighted by molar-refractivity contribution is -0.183. The van der Waals surface area contributed by atoms with E-state index in [1.165, 1.54) is 6.92 Å². The van der Waals surface area contributed by atoms with Crippen LogP contribution in [0.15, 0.2) is 28.7 Å². The highest BCUT2D eigenvalue weighted by Gasteiger charge is 2.39. The Morgan fingerprint density at radius 3 is 2.30 bits per heavy atom. The molecule has 0 saturated carbocycles. The molecule has 152 valence electrons. The largest absolute Gasteiger partial charge is 0.490 e. The third kappa shape index (κ3) is 9.10. The van der Waals surface area contributed by atoms with Crippen LogP contribution in [0, 0.1) is 0 Å². The predicted octanol–water partition coefficient (Wildman–Crippen LogP) is 4.39. The van der Waals surface area contributed by atoms with Gasteiger partial charge in [0.15, 0.2) is 0 Å². The second-order valence-electron chi connectivity index (χ2n) is 7.17. The highest BCUT2D eigenvalue weighted by atomic mass is 79.9. The number of hydroxylamine groups is 1. The number of halogens is 1. The van der Waals surface area contributed by atoms with Gasteiger partial charge in [0, 0.05) is 4.47 Å². The first-order valence-corrected chi connectivity index (χ1v) is 9.57. The molecule has 0 aliphatic carbocycles. The lowest BCUT2D eigenvalue weighted by atomic mass is 10.1. The Hall–Kier alpha value is -1.80. The van der Waals surface area contributed by atoms with E-state index < -0.39 is 23.3 Å². The molecule has 7 nitrogen and oxygen atoms in total. The number of esters is 1. The molecule has 0 saturated heterocycles. The van der Waals surface area contributed by atoms with Crippen LogP contribution in [0.3, 0.4) is 0 Å². The molecule has 0 heterocycles. The maximum Gasteiger partial charge on any atom is 0.431 e. The first kappa shape index (κ1) is 23.2. The van der Waals surface area contributed by atoms with Crippen molar-refractivity contribution < 1.29 is 28.6 Å². The fourth-order valence-electron chi connectivity index (χ4n) is 1.80. The van der Waals surface area contributed by atoms with Crippen LogP contribution < -0.4 is 10.2 Å². The maximum absolute atomic E-state index is 12.5. The maximum atomic E-state index is 12.5. The zero-order chi connectivity index (χ0) is 20.5. The topological polar surface area (TPSA) is 83.1 Å². The van der Waals surface area contributed by atoms with Crippen molar-refractivity contribution in [1.82, 2.24) is 5.48 Å². The lowest BCUT2D eigenvalue weighted by Gasteiger charge is -2.28. The van der Waals surface area contributed by atoms with E-state index >= 15 is 0 Å². The lowest BCUT2D eigenvalue weighted by Crippen LogP contribution is -2.50. The molecule has 1 unspecified atom stereocenters. The average molecular weight is 446 g/mol. The Kier molecular flexibility index (Phi) is 9.05. The van der Waals surface area contributed by atoms with Crippen LogP contribution in [-0.4, -0.2) is 36.5 Å². The molecule has 8 heteroatoms. The average Bonchev–Trinajstić information content (AvgIpc) is 2.58. The summed E-state index contributed by atoms with van der Waals surface area (Å²) in [6, 6.07) is 7.11. The van der Waals surface area contributed by atoms with Crippen LogP contribution in [0.5, 0.6) is 5.75 Å². The molecule has 0 radical (unpaired) electrons. The molecule has 1 atom stereocenters. The molecule has 1 rings (SSSR count). The van der Waals surface area contributed by atoms with Crippen LogP contribution in [0.25, 0.3) is 0 Å². The standard InChI is InChI=1S/C19H28BrNO6/c1-6-7-12-24-16(22)19(5,27-21-17(23)26-18(2,3)4)13-25-15-10-8-14(20)9-11-15/h8-11H,6-7,12-13H2,1-5H3,(H,21,23). The second kappa shape index (κ2) is 10.5. The number of ether oxygens (including phenoxy) is 3. The molecular formula is C19H28BrNO6. The van der Waals surface area contributed by atoms with Crippen LogP contribution >= 0.6 is 15.9 Å². The number of hydrogen-bond acceptors (Lipinski definition) is 6. The van der Waals surface area contributed by atoms with E-state index in [4.69, 9.17) is 19.0 Å². The SMILES string of the molecule is CCCCOC(=O)C(C)(COc1ccc(Br)cc1)ONC(=O)OC(C)(C)C. The summed E-state index contributed by atoms with van der Waals surface area (Å²) in [4.78, 5) is 29.7. The summed E-state index contributed by atoms with van der Waals surface area (Å²) in [6.07, 6.45) is 0.810. The molecule has 1 N–H and O–H groups in total. The molecule has 0 aliphatic heterocycles. The molecule has 0 aliphatic rings. The van der Waals surface area contributed by atoms with Gasteiger partial charge in [0.1, 0.15) is 18.0 Å². The van der Waals surface area contributed by atoms with Gasteiger partial charge in [-0.15, -0.1) is 0 Å². The molecule has 0 spiro atoms. The van der Waals surface area contributed by atoms with Crippen molar-refractivity contribution in [3.8, 4) is 5.75 Å². The van der Waals surface area contributed by atoms with Gasteiger partial charge in [-0.1, -0.05) is 29.3 Å². The Morgan fingerprint density at radius 1 is 1.11 bits per heavy atom. The molecule has 1 aromatic carbocycles. The van der Waals surface area contributed by atoms with Crippen molar-refractivity contribution in [2.24, 2.45) is 0 Å². The quantitative estimate of drug-likeness (QED) is 0.344. The van der Waals surface area contributed by atoms with Gasteiger partial charge in [-0.3, -0.25) is 0 Å². The van der Waals surface area contributed by atoms with Crippen LogP contribution in [0.4, 0.5) is 4.79 Å². The van der Waals surface area contributed by atoms with E-state index in [0.29, 0.717) is 5.75 Å². The van der Waals surface area contributed by atoms with Crippen molar-refractivity contribution in [3.05, 3.63) is 28.7 Å². The van der Waals surface area contributed by atoms with Gasteiger partial charge in [-0.05, 0) is 58.4 Å². The van der Waals surface area contributed by atoms with E-state index in [1.54, 1.807) is 32.9 Å². The number of hydrogen-bond donors (Lipinski definition) is 1. The predicted molar refractivity (Wildman–Crippen MR) is 104 cm³/mol. The van der Waals surface area contributed by atoms with E-state index in [0.717, 1.165) is 17.3 Å². The molecule has 27 heavy (non-hydrogen) atoms. The van der Waals surface area contributed by atoms with Gasteiger partial charge in [-0.25, -0.2) is 14.4 Å². The summed E-state index contributed by atoms with van der Waals surface area (Å²) < 4.78 is 16.9. The van der Waals surface area contributed by atoms with Crippen molar-refractivity contribution >= 4 is 28.0 Å². The molecule has 0 bridgehead atoms. The number of amides is 1. The van der Waals surface area contributed by atoms with Gasteiger partial charge < -0.3 is 14.2 Å². The number of carbonyl (C=O) groups is 2. The fourth-order valence-corrected chi connectivity index (χ4v) is 2.06.